The summed E-state index contributed by atoms with van der Waals surface area (Å²) in [5.74, 6) is 0.264. The summed E-state index contributed by atoms with van der Waals surface area (Å²) >= 11 is 0. The van der Waals surface area contributed by atoms with E-state index in [1.807, 2.05) is 0 Å². The molecule has 0 aromatic rings. The average molecular weight is 290 g/mol. The maximum Gasteiger partial charge on any atom is 0.214 e. The van der Waals surface area contributed by atoms with Crippen LogP contribution in [0.2, 0.25) is 0 Å². The van der Waals surface area contributed by atoms with Crippen LogP contribution in [-0.4, -0.2) is 44.2 Å². The Labute approximate surface area is 119 Å². The van der Waals surface area contributed by atoms with E-state index in [1.54, 1.807) is 11.4 Å². The highest BCUT2D eigenvalue weighted by molar-refractivity contribution is 7.89. The molecule has 1 aliphatic rings. The molecule has 0 aliphatic heterocycles. The highest BCUT2D eigenvalue weighted by atomic mass is 32.2. The molecule has 0 spiro atoms. The van der Waals surface area contributed by atoms with E-state index in [1.165, 1.54) is 25.7 Å². The predicted octanol–water partition coefficient (Wildman–Crippen LogP) is 2.36. The smallest absolute Gasteiger partial charge is 0.214 e. The minimum absolute atomic E-state index is 0.227. The lowest BCUT2D eigenvalue weighted by Crippen LogP contribution is -2.39. The summed E-state index contributed by atoms with van der Waals surface area (Å²) < 4.78 is 26.2. The molecule has 0 radical (unpaired) electrons. The summed E-state index contributed by atoms with van der Waals surface area (Å²) in [7, 11) is -1.32. The Balaban J connectivity index is 2.41. The maximum absolute atomic E-state index is 12.3. The fourth-order valence-corrected chi connectivity index (χ4v) is 4.10. The van der Waals surface area contributed by atoms with E-state index in [9.17, 15) is 8.42 Å². The van der Waals surface area contributed by atoms with E-state index in [2.05, 4.69) is 19.2 Å². The lowest BCUT2D eigenvalue weighted by Gasteiger charge is -2.26. The minimum Gasteiger partial charge on any atom is -0.314 e. The molecule has 4 nitrogen and oxygen atoms in total. The summed E-state index contributed by atoms with van der Waals surface area (Å²) in [6, 6.07) is 0.646. The summed E-state index contributed by atoms with van der Waals surface area (Å²) in [6.45, 7) is 4.92. The van der Waals surface area contributed by atoms with Crippen molar-refractivity contribution in [3.05, 3.63) is 0 Å². The molecule has 0 aromatic heterocycles. The van der Waals surface area contributed by atoms with Crippen molar-refractivity contribution in [2.75, 3.05) is 19.3 Å². The van der Waals surface area contributed by atoms with E-state index < -0.39 is 10.0 Å². The van der Waals surface area contributed by atoms with Gasteiger partial charge in [-0.15, -0.1) is 0 Å². The zero-order chi connectivity index (χ0) is 14.3. The Morgan fingerprint density at radius 1 is 1.16 bits per heavy atom. The van der Waals surface area contributed by atoms with Gasteiger partial charge in [0.15, 0.2) is 0 Å². The Kier molecular flexibility index (Phi) is 7.32. The molecular weight excluding hydrogens is 260 g/mol. The van der Waals surface area contributed by atoms with Crippen LogP contribution < -0.4 is 5.32 Å². The molecule has 1 fully saturated rings. The molecule has 1 N–H and O–H groups in total. The van der Waals surface area contributed by atoms with Gasteiger partial charge in [0.25, 0.3) is 0 Å². The summed E-state index contributed by atoms with van der Waals surface area (Å²) in [4.78, 5) is 0. The molecule has 0 saturated heterocycles. The van der Waals surface area contributed by atoms with E-state index in [0.717, 1.165) is 19.4 Å². The molecule has 114 valence electrons. The fourth-order valence-electron chi connectivity index (χ4n) is 2.64. The monoisotopic (exact) mass is 290 g/mol. The molecule has 1 rings (SSSR count). The van der Waals surface area contributed by atoms with E-state index in [4.69, 9.17) is 0 Å². The van der Waals surface area contributed by atoms with Gasteiger partial charge in [-0.2, -0.15) is 0 Å². The maximum atomic E-state index is 12.3. The van der Waals surface area contributed by atoms with Gasteiger partial charge in [-0.05, 0) is 25.8 Å². The van der Waals surface area contributed by atoms with Gasteiger partial charge in [0.05, 0.1) is 5.75 Å². The molecule has 0 unspecified atom stereocenters. The first-order valence-corrected chi connectivity index (χ1v) is 9.23. The van der Waals surface area contributed by atoms with Crippen LogP contribution in [0.1, 0.15) is 58.8 Å². The molecule has 5 heteroatoms. The second-order valence-electron chi connectivity index (χ2n) is 5.94. The van der Waals surface area contributed by atoms with E-state index >= 15 is 0 Å². The fraction of sp³-hybridized carbons (Fsp3) is 1.00. The molecule has 1 saturated carbocycles. The van der Waals surface area contributed by atoms with Crippen molar-refractivity contribution in [1.82, 2.24) is 9.62 Å². The van der Waals surface area contributed by atoms with Gasteiger partial charge >= 0.3 is 0 Å². The van der Waals surface area contributed by atoms with Gasteiger partial charge in [-0.3, -0.25) is 0 Å². The van der Waals surface area contributed by atoms with Gasteiger partial charge in [0.1, 0.15) is 0 Å². The number of nitrogens with zero attached hydrogens (tertiary/aromatic N) is 1. The van der Waals surface area contributed by atoms with Crippen molar-refractivity contribution in [3.8, 4) is 0 Å². The topological polar surface area (TPSA) is 49.4 Å². The standard InChI is InChI=1S/C14H30N2O2S/c1-13(2)15-11-8-12-19(17,18)16(3)14-9-6-4-5-7-10-14/h13-15H,4-12H2,1-3H3. The van der Waals surface area contributed by atoms with Gasteiger partial charge < -0.3 is 5.32 Å². The minimum atomic E-state index is -3.08. The molecule has 0 heterocycles. The third-order valence-electron chi connectivity index (χ3n) is 3.91. The molecule has 0 amide bonds. The number of sulfonamides is 1. The van der Waals surface area contributed by atoms with Crippen LogP contribution in [0.4, 0.5) is 0 Å². The van der Waals surface area contributed by atoms with Gasteiger partial charge in [0.2, 0.25) is 10.0 Å². The second kappa shape index (κ2) is 8.22. The van der Waals surface area contributed by atoms with Crippen molar-refractivity contribution in [2.45, 2.75) is 70.9 Å². The average Bonchev–Trinajstić information content (AvgIpc) is 2.62. The van der Waals surface area contributed by atoms with Crippen molar-refractivity contribution >= 4 is 10.0 Å². The molecule has 1 aliphatic carbocycles. The predicted molar refractivity (Wildman–Crippen MR) is 80.8 cm³/mol. The van der Waals surface area contributed by atoms with Crippen molar-refractivity contribution < 1.29 is 8.42 Å². The highest BCUT2D eigenvalue weighted by Gasteiger charge is 2.26. The lowest BCUT2D eigenvalue weighted by atomic mass is 10.1. The van der Waals surface area contributed by atoms with Gasteiger partial charge in [-0.1, -0.05) is 39.5 Å². The third kappa shape index (κ3) is 6.23. The number of hydrogen-bond donors (Lipinski definition) is 1. The molecule has 0 atom stereocenters. The normalized spacial score (nSPS) is 19.0. The molecular formula is C14H30N2O2S. The molecule has 0 bridgehead atoms. The van der Waals surface area contributed by atoms with Crippen LogP contribution in [-0.2, 0) is 10.0 Å². The SMILES string of the molecule is CC(C)NCCCS(=O)(=O)N(C)C1CCCCCC1. The zero-order valence-corrected chi connectivity index (χ0v) is 13.5. The Bertz CT molecular complexity index is 333. The third-order valence-corrected chi connectivity index (χ3v) is 5.89. The number of rotatable bonds is 7. The van der Waals surface area contributed by atoms with Crippen LogP contribution in [0.5, 0.6) is 0 Å². The van der Waals surface area contributed by atoms with Crippen molar-refractivity contribution in [1.29, 1.82) is 0 Å². The van der Waals surface area contributed by atoms with Crippen LogP contribution in [0, 0.1) is 0 Å². The summed E-state index contributed by atoms with van der Waals surface area (Å²) in [5, 5.41) is 3.26. The van der Waals surface area contributed by atoms with Gasteiger partial charge in [-0.25, -0.2) is 12.7 Å². The van der Waals surface area contributed by atoms with Gasteiger partial charge in [0, 0.05) is 19.1 Å². The largest absolute Gasteiger partial charge is 0.314 e. The number of hydrogen-bond acceptors (Lipinski definition) is 3. The Morgan fingerprint density at radius 2 is 1.74 bits per heavy atom. The summed E-state index contributed by atoms with van der Waals surface area (Å²) in [5.41, 5.74) is 0. The van der Waals surface area contributed by atoms with Crippen LogP contribution in [0.15, 0.2) is 0 Å². The summed E-state index contributed by atoms with van der Waals surface area (Å²) in [6.07, 6.45) is 7.59. The quantitative estimate of drug-likeness (QED) is 0.578. The number of nitrogens with one attached hydrogen (secondary N) is 1. The zero-order valence-electron chi connectivity index (χ0n) is 12.7. The van der Waals surface area contributed by atoms with Crippen molar-refractivity contribution in [3.63, 3.8) is 0 Å². The van der Waals surface area contributed by atoms with Crippen LogP contribution in [0.25, 0.3) is 0 Å². The molecule has 0 aromatic carbocycles. The Hall–Kier alpha value is -0.130. The van der Waals surface area contributed by atoms with Crippen LogP contribution >= 0.6 is 0 Å². The first-order valence-electron chi connectivity index (χ1n) is 7.62. The Morgan fingerprint density at radius 3 is 2.26 bits per heavy atom. The lowest BCUT2D eigenvalue weighted by molar-refractivity contribution is 0.335. The first kappa shape index (κ1) is 16.9. The van der Waals surface area contributed by atoms with E-state index in [0.29, 0.717) is 12.5 Å². The van der Waals surface area contributed by atoms with Crippen LogP contribution in [0.3, 0.4) is 0 Å². The molecule has 19 heavy (non-hydrogen) atoms. The first-order chi connectivity index (χ1) is 8.93. The highest BCUT2D eigenvalue weighted by Crippen LogP contribution is 2.23. The van der Waals surface area contributed by atoms with E-state index in [-0.39, 0.29) is 11.8 Å². The van der Waals surface area contributed by atoms with Crippen molar-refractivity contribution in [2.24, 2.45) is 0 Å². The second-order valence-corrected chi connectivity index (χ2v) is 8.09.